The van der Waals surface area contributed by atoms with Gasteiger partial charge in [-0.1, -0.05) is 29.8 Å². The van der Waals surface area contributed by atoms with Crippen molar-refractivity contribution in [3.05, 3.63) is 64.8 Å². The largest absolute Gasteiger partial charge is 0.357 e. The number of hydrogen-bond donors (Lipinski definition) is 2. The van der Waals surface area contributed by atoms with Gasteiger partial charge in [0, 0.05) is 33.9 Å². The number of fused-ring (bicyclic) bond motifs is 3. The standard InChI is InChI=1S/C19H18ClN3O/c20-13-7-9-14(10-8-13)21-19(24)23-11-3-5-16-15-4-1-2-6-17(15)22-18(16)12-23/h1-2,4,6-10,22H,3,5,11-12H2,(H,21,24). The number of amides is 2. The van der Waals surface area contributed by atoms with Crippen LogP contribution in [0.3, 0.4) is 0 Å². The number of aromatic amines is 1. The molecule has 0 radical (unpaired) electrons. The molecular weight excluding hydrogens is 322 g/mol. The number of carbonyl (C=O) groups is 1. The van der Waals surface area contributed by atoms with Crippen molar-refractivity contribution in [1.29, 1.82) is 0 Å². The van der Waals surface area contributed by atoms with Gasteiger partial charge < -0.3 is 15.2 Å². The number of urea groups is 1. The maximum atomic E-state index is 12.6. The molecule has 0 atom stereocenters. The summed E-state index contributed by atoms with van der Waals surface area (Å²) in [5.74, 6) is 0. The average Bonchev–Trinajstić information content (AvgIpc) is 2.79. The highest BCUT2D eigenvalue weighted by Gasteiger charge is 2.21. The molecule has 4 nitrogen and oxygen atoms in total. The molecule has 3 aromatic rings. The number of nitrogens with zero attached hydrogens (tertiary/aromatic N) is 1. The number of anilines is 1. The summed E-state index contributed by atoms with van der Waals surface area (Å²) < 4.78 is 0. The lowest BCUT2D eigenvalue weighted by Gasteiger charge is -2.21. The Morgan fingerprint density at radius 3 is 2.75 bits per heavy atom. The number of halogens is 1. The molecule has 0 saturated heterocycles. The number of H-pyrrole nitrogens is 1. The highest BCUT2D eigenvalue weighted by molar-refractivity contribution is 6.30. The number of nitrogens with one attached hydrogen (secondary N) is 2. The molecular formula is C19H18ClN3O. The third-order valence-corrected chi connectivity index (χ3v) is 4.74. The van der Waals surface area contributed by atoms with Gasteiger partial charge in [0.15, 0.2) is 0 Å². The van der Waals surface area contributed by atoms with Crippen LogP contribution >= 0.6 is 11.6 Å². The Kier molecular flexibility index (Phi) is 3.90. The van der Waals surface area contributed by atoms with E-state index in [4.69, 9.17) is 11.6 Å². The molecule has 0 unspecified atom stereocenters. The van der Waals surface area contributed by atoms with Crippen LogP contribution in [0.1, 0.15) is 17.7 Å². The molecule has 1 aliphatic rings. The molecule has 0 fully saturated rings. The van der Waals surface area contributed by atoms with Crippen LogP contribution in [0.15, 0.2) is 48.5 Å². The molecule has 4 rings (SSSR count). The summed E-state index contributed by atoms with van der Waals surface area (Å²) in [5, 5.41) is 4.87. The summed E-state index contributed by atoms with van der Waals surface area (Å²) in [6.45, 7) is 1.35. The van der Waals surface area contributed by atoms with E-state index >= 15 is 0 Å². The first-order valence-corrected chi connectivity index (χ1v) is 8.48. The highest BCUT2D eigenvalue weighted by atomic mass is 35.5. The maximum Gasteiger partial charge on any atom is 0.322 e. The molecule has 0 aliphatic carbocycles. The average molecular weight is 340 g/mol. The lowest BCUT2D eigenvalue weighted by atomic mass is 10.1. The Hall–Kier alpha value is -2.46. The van der Waals surface area contributed by atoms with Crippen molar-refractivity contribution >= 4 is 34.2 Å². The second-order valence-corrected chi connectivity index (χ2v) is 6.53. The first-order chi connectivity index (χ1) is 11.7. The number of aryl methyl sites for hydroxylation is 1. The zero-order chi connectivity index (χ0) is 16.5. The summed E-state index contributed by atoms with van der Waals surface area (Å²) in [6.07, 6.45) is 1.95. The fourth-order valence-electron chi connectivity index (χ4n) is 3.30. The molecule has 2 heterocycles. The van der Waals surface area contributed by atoms with E-state index in [0.717, 1.165) is 36.3 Å². The van der Waals surface area contributed by atoms with Crippen molar-refractivity contribution in [3.63, 3.8) is 0 Å². The fraction of sp³-hybridized carbons (Fsp3) is 0.211. The van der Waals surface area contributed by atoms with Gasteiger partial charge >= 0.3 is 6.03 Å². The van der Waals surface area contributed by atoms with Crippen LogP contribution in [0, 0.1) is 0 Å². The summed E-state index contributed by atoms with van der Waals surface area (Å²) in [5.41, 5.74) is 4.38. The maximum absolute atomic E-state index is 12.6. The van der Waals surface area contributed by atoms with Gasteiger partial charge in [-0.2, -0.15) is 0 Å². The number of aromatic nitrogens is 1. The van der Waals surface area contributed by atoms with Crippen LogP contribution in [0.5, 0.6) is 0 Å². The van der Waals surface area contributed by atoms with E-state index in [1.165, 1.54) is 10.9 Å². The molecule has 2 amide bonds. The van der Waals surface area contributed by atoms with Gasteiger partial charge in [0.25, 0.3) is 0 Å². The lowest BCUT2D eigenvalue weighted by molar-refractivity contribution is 0.209. The SMILES string of the molecule is O=C(Nc1ccc(Cl)cc1)N1CCCc2c([nH]c3ccccc23)C1. The second-order valence-electron chi connectivity index (χ2n) is 6.09. The van der Waals surface area contributed by atoms with E-state index in [2.05, 4.69) is 28.5 Å². The van der Waals surface area contributed by atoms with Crippen molar-refractivity contribution < 1.29 is 4.79 Å². The van der Waals surface area contributed by atoms with Crippen molar-refractivity contribution in [1.82, 2.24) is 9.88 Å². The Morgan fingerprint density at radius 2 is 1.92 bits per heavy atom. The Bertz CT molecular complexity index is 885. The smallest absolute Gasteiger partial charge is 0.322 e. The van der Waals surface area contributed by atoms with E-state index < -0.39 is 0 Å². The van der Waals surface area contributed by atoms with Crippen molar-refractivity contribution in [2.45, 2.75) is 19.4 Å². The molecule has 0 spiro atoms. The van der Waals surface area contributed by atoms with Gasteiger partial charge in [-0.15, -0.1) is 0 Å². The number of benzene rings is 2. The molecule has 1 aliphatic heterocycles. The second kappa shape index (κ2) is 6.21. The van der Waals surface area contributed by atoms with Crippen molar-refractivity contribution in [2.24, 2.45) is 0 Å². The Morgan fingerprint density at radius 1 is 1.12 bits per heavy atom. The number of carbonyl (C=O) groups excluding carboxylic acids is 1. The normalized spacial score (nSPS) is 14.3. The van der Waals surface area contributed by atoms with Gasteiger partial charge in [0.1, 0.15) is 0 Å². The minimum atomic E-state index is -0.0798. The number of rotatable bonds is 1. The monoisotopic (exact) mass is 339 g/mol. The first-order valence-electron chi connectivity index (χ1n) is 8.10. The van der Waals surface area contributed by atoms with E-state index in [1.54, 1.807) is 12.1 Å². The molecule has 2 N–H and O–H groups in total. The number of hydrogen-bond acceptors (Lipinski definition) is 1. The van der Waals surface area contributed by atoms with Gasteiger partial charge in [-0.05, 0) is 48.7 Å². The summed E-state index contributed by atoms with van der Waals surface area (Å²) in [7, 11) is 0. The molecule has 1 aromatic heterocycles. The van der Waals surface area contributed by atoms with Gasteiger partial charge in [-0.25, -0.2) is 4.79 Å². The van der Waals surface area contributed by atoms with Gasteiger partial charge in [-0.3, -0.25) is 0 Å². The topological polar surface area (TPSA) is 48.1 Å². The lowest BCUT2D eigenvalue weighted by Crippen LogP contribution is -2.34. The van der Waals surface area contributed by atoms with E-state index in [1.807, 2.05) is 23.1 Å². The van der Waals surface area contributed by atoms with E-state index in [0.29, 0.717) is 11.6 Å². The highest BCUT2D eigenvalue weighted by Crippen LogP contribution is 2.27. The van der Waals surface area contributed by atoms with E-state index in [9.17, 15) is 4.79 Å². The van der Waals surface area contributed by atoms with Crippen LogP contribution in [-0.4, -0.2) is 22.5 Å². The zero-order valence-electron chi connectivity index (χ0n) is 13.2. The first kappa shape index (κ1) is 15.1. The molecule has 0 saturated carbocycles. The minimum Gasteiger partial charge on any atom is -0.357 e. The Labute approximate surface area is 145 Å². The number of para-hydroxylation sites is 1. The van der Waals surface area contributed by atoms with Crippen LogP contribution in [0.4, 0.5) is 10.5 Å². The zero-order valence-corrected chi connectivity index (χ0v) is 13.9. The van der Waals surface area contributed by atoms with E-state index in [-0.39, 0.29) is 6.03 Å². The summed E-state index contributed by atoms with van der Waals surface area (Å²) >= 11 is 5.89. The molecule has 24 heavy (non-hydrogen) atoms. The minimum absolute atomic E-state index is 0.0798. The summed E-state index contributed by atoms with van der Waals surface area (Å²) in [4.78, 5) is 17.9. The molecule has 2 aromatic carbocycles. The van der Waals surface area contributed by atoms with Crippen LogP contribution in [0.25, 0.3) is 10.9 Å². The van der Waals surface area contributed by atoms with Crippen molar-refractivity contribution in [3.8, 4) is 0 Å². The van der Waals surface area contributed by atoms with Gasteiger partial charge in [0.2, 0.25) is 0 Å². The quantitative estimate of drug-likeness (QED) is 0.657. The van der Waals surface area contributed by atoms with Crippen LogP contribution < -0.4 is 5.32 Å². The molecule has 5 heteroatoms. The third-order valence-electron chi connectivity index (χ3n) is 4.49. The molecule has 0 bridgehead atoms. The third kappa shape index (κ3) is 2.85. The Balaban J connectivity index is 1.56. The molecule has 122 valence electrons. The van der Waals surface area contributed by atoms with Crippen LogP contribution in [-0.2, 0) is 13.0 Å². The van der Waals surface area contributed by atoms with Gasteiger partial charge in [0.05, 0.1) is 6.54 Å². The fourth-order valence-corrected chi connectivity index (χ4v) is 3.43. The summed E-state index contributed by atoms with van der Waals surface area (Å²) in [6, 6.07) is 15.4. The predicted molar refractivity (Wildman–Crippen MR) is 97.5 cm³/mol. The van der Waals surface area contributed by atoms with Crippen molar-refractivity contribution in [2.75, 3.05) is 11.9 Å². The predicted octanol–water partition coefficient (Wildman–Crippen LogP) is 4.80. The van der Waals surface area contributed by atoms with Crippen LogP contribution in [0.2, 0.25) is 5.02 Å².